The van der Waals surface area contributed by atoms with Crippen LogP contribution in [0.3, 0.4) is 0 Å². The maximum atomic E-state index is 13.2. The number of hydrogen-bond acceptors (Lipinski definition) is 5. The molecular weight excluding hydrogens is 452 g/mol. The summed E-state index contributed by atoms with van der Waals surface area (Å²) in [6.07, 6.45) is 3.40. The molecular formula is C26H30N2O5S. The molecule has 0 spiro atoms. The van der Waals surface area contributed by atoms with Crippen molar-refractivity contribution in [1.82, 2.24) is 10.2 Å². The molecule has 1 atom stereocenters. The Labute approximate surface area is 203 Å². The van der Waals surface area contributed by atoms with Crippen LogP contribution in [0.15, 0.2) is 48.5 Å². The summed E-state index contributed by atoms with van der Waals surface area (Å²) in [6.45, 7) is 0.329. The third-order valence-corrected chi connectivity index (χ3v) is 7.03. The van der Waals surface area contributed by atoms with Gasteiger partial charge in [-0.25, -0.2) is 4.79 Å². The van der Waals surface area contributed by atoms with Crippen LogP contribution in [-0.2, 0) is 14.3 Å². The lowest BCUT2D eigenvalue weighted by molar-refractivity contribution is -0.139. The Balaban J connectivity index is 1.41. The van der Waals surface area contributed by atoms with E-state index in [1.165, 1.54) is 0 Å². The number of rotatable bonds is 11. The highest BCUT2D eigenvalue weighted by Crippen LogP contribution is 2.44. The summed E-state index contributed by atoms with van der Waals surface area (Å²) in [6, 6.07) is 15.6. The monoisotopic (exact) mass is 482 g/mol. The van der Waals surface area contributed by atoms with Gasteiger partial charge in [0.2, 0.25) is 5.91 Å². The van der Waals surface area contributed by atoms with E-state index in [0.29, 0.717) is 12.2 Å². The summed E-state index contributed by atoms with van der Waals surface area (Å²) in [4.78, 5) is 38.6. The number of carboxylic acids is 1. The molecule has 2 N–H and O–H groups in total. The Kier molecular flexibility index (Phi) is 7.77. The van der Waals surface area contributed by atoms with Crippen LogP contribution in [0.4, 0.5) is 4.79 Å². The molecule has 8 heteroatoms. The molecule has 0 heterocycles. The number of aliphatic carboxylic acids is 1. The van der Waals surface area contributed by atoms with Crippen LogP contribution in [0, 0.1) is 0 Å². The number of nitrogens with one attached hydrogen (secondary N) is 1. The third-order valence-electron chi connectivity index (χ3n) is 6.38. The largest absolute Gasteiger partial charge is 0.481 e. The Morgan fingerprint density at radius 2 is 1.71 bits per heavy atom. The zero-order valence-electron chi connectivity index (χ0n) is 19.2. The second-order valence-corrected chi connectivity index (χ2v) is 9.70. The molecule has 2 amide bonds. The van der Waals surface area contributed by atoms with Crippen molar-refractivity contribution in [2.45, 2.75) is 43.7 Å². The molecule has 2 aromatic rings. The van der Waals surface area contributed by atoms with Crippen molar-refractivity contribution in [1.29, 1.82) is 0 Å². The highest BCUT2D eigenvalue weighted by atomic mass is 32.2. The average molecular weight is 483 g/mol. The lowest BCUT2D eigenvalue weighted by Crippen LogP contribution is -2.50. The summed E-state index contributed by atoms with van der Waals surface area (Å²) in [7, 11) is 0. The minimum absolute atomic E-state index is 0.0583. The van der Waals surface area contributed by atoms with Gasteiger partial charge in [-0.1, -0.05) is 48.5 Å². The maximum Gasteiger partial charge on any atom is 0.407 e. The molecule has 0 bridgehead atoms. The van der Waals surface area contributed by atoms with Crippen molar-refractivity contribution < 1.29 is 24.2 Å². The highest BCUT2D eigenvalue weighted by molar-refractivity contribution is 7.98. The quantitative estimate of drug-likeness (QED) is 0.500. The molecule has 0 aromatic heterocycles. The number of fused-ring (bicyclic) bond motifs is 3. The summed E-state index contributed by atoms with van der Waals surface area (Å²) in [5, 5.41) is 11.8. The number of alkyl carbamates (subject to hydrolysis) is 1. The predicted molar refractivity (Wildman–Crippen MR) is 132 cm³/mol. The van der Waals surface area contributed by atoms with Crippen molar-refractivity contribution in [2.75, 3.05) is 25.2 Å². The molecule has 180 valence electrons. The summed E-state index contributed by atoms with van der Waals surface area (Å²) in [5.74, 6) is -0.538. The first-order chi connectivity index (χ1) is 16.5. The summed E-state index contributed by atoms with van der Waals surface area (Å²) < 4.78 is 5.63. The fraction of sp³-hybridized carbons (Fsp3) is 0.423. The number of benzene rings is 2. The van der Waals surface area contributed by atoms with Gasteiger partial charge in [0.15, 0.2) is 0 Å². The van der Waals surface area contributed by atoms with E-state index >= 15 is 0 Å². The molecule has 2 aromatic carbocycles. The third kappa shape index (κ3) is 5.55. The van der Waals surface area contributed by atoms with Gasteiger partial charge >= 0.3 is 12.1 Å². The average Bonchev–Trinajstić information content (AvgIpc) is 3.62. The minimum atomic E-state index is -0.941. The number of carbonyl (C=O) groups is 3. The van der Waals surface area contributed by atoms with Gasteiger partial charge in [-0.05, 0) is 53.5 Å². The van der Waals surface area contributed by atoms with E-state index in [9.17, 15) is 14.4 Å². The van der Waals surface area contributed by atoms with Crippen LogP contribution in [0.25, 0.3) is 11.1 Å². The number of hydrogen-bond donors (Lipinski definition) is 2. The summed E-state index contributed by atoms with van der Waals surface area (Å²) >= 11 is 1.59. The molecule has 7 nitrogen and oxygen atoms in total. The van der Waals surface area contributed by atoms with Gasteiger partial charge in [0.05, 0.1) is 6.42 Å². The number of thioether (sulfide) groups is 1. The normalized spacial score (nSPS) is 15.2. The van der Waals surface area contributed by atoms with Gasteiger partial charge in [-0.15, -0.1) is 0 Å². The predicted octanol–water partition coefficient (Wildman–Crippen LogP) is 4.11. The molecule has 0 aliphatic heterocycles. The molecule has 1 fully saturated rings. The van der Waals surface area contributed by atoms with Gasteiger partial charge in [-0.2, -0.15) is 11.8 Å². The van der Waals surface area contributed by atoms with Gasteiger partial charge < -0.3 is 20.1 Å². The summed E-state index contributed by atoms with van der Waals surface area (Å²) in [5.41, 5.74) is 4.55. The molecule has 0 radical (unpaired) electrons. The molecule has 34 heavy (non-hydrogen) atoms. The van der Waals surface area contributed by atoms with Gasteiger partial charge in [0.25, 0.3) is 0 Å². The van der Waals surface area contributed by atoms with Crippen molar-refractivity contribution in [2.24, 2.45) is 0 Å². The molecule has 0 saturated heterocycles. The molecule has 4 rings (SSSR count). The Morgan fingerprint density at radius 1 is 1.09 bits per heavy atom. The smallest absolute Gasteiger partial charge is 0.407 e. The van der Waals surface area contributed by atoms with Gasteiger partial charge in [-0.3, -0.25) is 9.59 Å². The second-order valence-electron chi connectivity index (χ2n) is 8.71. The van der Waals surface area contributed by atoms with Crippen molar-refractivity contribution in [3.05, 3.63) is 59.7 Å². The fourth-order valence-corrected chi connectivity index (χ4v) is 5.02. The molecule has 2 aliphatic rings. The van der Waals surface area contributed by atoms with E-state index in [0.717, 1.165) is 35.1 Å². The van der Waals surface area contributed by atoms with Crippen LogP contribution in [0.1, 0.15) is 42.7 Å². The zero-order valence-corrected chi connectivity index (χ0v) is 20.1. The van der Waals surface area contributed by atoms with E-state index in [2.05, 4.69) is 29.6 Å². The number of carbonyl (C=O) groups excluding carboxylic acids is 2. The second kappa shape index (κ2) is 11.0. The van der Waals surface area contributed by atoms with Crippen LogP contribution >= 0.6 is 11.8 Å². The van der Waals surface area contributed by atoms with Crippen LogP contribution in [-0.4, -0.2) is 65.2 Å². The molecule has 2 aliphatic carbocycles. The fourth-order valence-electron chi connectivity index (χ4n) is 4.55. The zero-order chi connectivity index (χ0) is 24.1. The van der Waals surface area contributed by atoms with E-state index in [-0.39, 0.29) is 37.4 Å². The minimum Gasteiger partial charge on any atom is -0.481 e. The number of amides is 2. The van der Waals surface area contributed by atoms with E-state index in [1.807, 2.05) is 30.5 Å². The van der Waals surface area contributed by atoms with E-state index < -0.39 is 18.1 Å². The van der Waals surface area contributed by atoms with Gasteiger partial charge in [0.1, 0.15) is 12.6 Å². The first-order valence-electron chi connectivity index (χ1n) is 11.6. The first-order valence-corrected chi connectivity index (χ1v) is 13.0. The Hall–Kier alpha value is -3.00. The number of nitrogens with zero attached hydrogens (tertiary/aromatic N) is 1. The Morgan fingerprint density at radius 3 is 2.26 bits per heavy atom. The molecule has 1 saturated carbocycles. The topological polar surface area (TPSA) is 95.9 Å². The van der Waals surface area contributed by atoms with E-state index in [4.69, 9.17) is 9.84 Å². The van der Waals surface area contributed by atoms with Crippen LogP contribution in [0.2, 0.25) is 0 Å². The van der Waals surface area contributed by atoms with Crippen molar-refractivity contribution >= 4 is 29.7 Å². The van der Waals surface area contributed by atoms with Crippen LogP contribution in [0.5, 0.6) is 0 Å². The SMILES string of the molecule is CSCC[C@@H](NC(=O)OCC1c2ccccc2-c2ccccc21)C(=O)N(CCC(=O)O)C1CC1. The lowest BCUT2D eigenvalue weighted by atomic mass is 9.98. The van der Waals surface area contributed by atoms with Crippen LogP contribution < -0.4 is 5.32 Å². The van der Waals surface area contributed by atoms with Crippen molar-refractivity contribution in [3.8, 4) is 11.1 Å². The molecule has 0 unspecified atom stereocenters. The number of ether oxygens (including phenoxy) is 1. The highest BCUT2D eigenvalue weighted by Gasteiger charge is 2.37. The van der Waals surface area contributed by atoms with Gasteiger partial charge in [0, 0.05) is 18.5 Å². The maximum absolute atomic E-state index is 13.2. The van der Waals surface area contributed by atoms with E-state index in [1.54, 1.807) is 16.7 Å². The first kappa shape index (κ1) is 24.1. The number of carboxylic acid groups (broad SMARTS) is 1. The standard InChI is InChI=1S/C26H30N2O5S/c1-34-15-13-23(25(31)28(17-10-11-17)14-12-24(29)30)27-26(32)33-16-22-20-8-4-2-6-18(20)19-7-3-5-9-21(19)22/h2-9,17,22-23H,10-16H2,1H3,(H,27,32)(H,29,30)/t23-/m1/s1. The van der Waals surface area contributed by atoms with Crippen molar-refractivity contribution in [3.63, 3.8) is 0 Å². The Bertz CT molecular complexity index is 1010. The lowest BCUT2D eigenvalue weighted by Gasteiger charge is -2.27.